The van der Waals surface area contributed by atoms with E-state index in [-0.39, 0.29) is 34.9 Å². The normalized spacial score (nSPS) is 10.2. The molecule has 0 unspecified atom stereocenters. The van der Waals surface area contributed by atoms with Gasteiger partial charge in [-0.3, -0.25) is 14.4 Å². The Morgan fingerprint density at radius 1 is 0.692 bits per heavy atom. The van der Waals surface area contributed by atoms with Crippen molar-refractivity contribution in [2.45, 2.75) is 54.1 Å². The van der Waals surface area contributed by atoms with Crippen LogP contribution in [0.2, 0.25) is 0 Å². The summed E-state index contributed by atoms with van der Waals surface area (Å²) in [7, 11) is 0. The lowest BCUT2D eigenvalue weighted by atomic mass is 10.2. The Labute approximate surface area is 238 Å². The fraction of sp³-hybridized carbons (Fsp3) is 0.333. The third kappa shape index (κ3) is 11.8. The monoisotopic (exact) mass is 594 g/mol. The lowest BCUT2D eigenvalue weighted by molar-refractivity contribution is 0.00694. The zero-order valence-electron chi connectivity index (χ0n) is 22.6. The number of carbonyl (C=O) groups is 6. The maximum Gasteiger partial charge on any atom is 0.339 e. The van der Waals surface area contributed by atoms with E-state index in [0.29, 0.717) is 32.4 Å². The summed E-state index contributed by atoms with van der Waals surface area (Å²) in [6.45, 7) is 11.9. The van der Waals surface area contributed by atoms with Crippen molar-refractivity contribution in [2.24, 2.45) is 0 Å². The minimum Gasteiger partial charge on any atom is -0.478 e. The summed E-state index contributed by atoms with van der Waals surface area (Å²) in [4.78, 5) is 67.3. The van der Waals surface area contributed by atoms with Gasteiger partial charge < -0.3 is 14.6 Å². The second-order valence-electron chi connectivity index (χ2n) is 8.79. The topological polar surface area (TPSA) is 141 Å². The van der Waals surface area contributed by atoms with Gasteiger partial charge in [0.1, 0.15) is 5.60 Å². The number of Topliss-reactive ketones (excluding diaryl/α,β-unsaturated/α-hetero) is 3. The molecule has 0 bridgehead atoms. The molecule has 9 nitrogen and oxygen atoms in total. The summed E-state index contributed by atoms with van der Waals surface area (Å²) < 4.78 is 9.95. The number of aromatic carboxylic acids is 1. The Bertz CT molecular complexity index is 1310. The van der Waals surface area contributed by atoms with Gasteiger partial charge in [0.05, 0.1) is 37.9 Å². The highest BCUT2D eigenvalue weighted by Crippen LogP contribution is 2.19. The fourth-order valence-electron chi connectivity index (χ4n) is 2.44. The van der Waals surface area contributed by atoms with Gasteiger partial charge in [-0.25, -0.2) is 14.4 Å². The summed E-state index contributed by atoms with van der Waals surface area (Å²) in [5, 5.41) is 13.2. The van der Waals surface area contributed by atoms with Crippen LogP contribution in [0.25, 0.3) is 0 Å². The summed E-state index contributed by atoms with van der Waals surface area (Å²) >= 11 is 3.68. The number of ketones is 3. The SMILES string of the molecule is CC(=O)c1cc(C(=O)O)cs1.CC(=O)c1cc(C(=O)OC(C)(C)C)cs1.CCOC(=O)c1csc(C(C)=O)c1. The molecule has 0 atom stereocenters. The first-order valence-corrected chi connectivity index (χ1v) is 14.1. The van der Waals surface area contributed by atoms with Crippen molar-refractivity contribution in [3.05, 3.63) is 65.7 Å². The van der Waals surface area contributed by atoms with Gasteiger partial charge in [0, 0.05) is 16.1 Å². The predicted molar refractivity (Wildman–Crippen MR) is 151 cm³/mol. The van der Waals surface area contributed by atoms with E-state index >= 15 is 0 Å². The van der Waals surface area contributed by atoms with E-state index in [1.54, 1.807) is 29.8 Å². The molecular formula is C27H30O9S3. The van der Waals surface area contributed by atoms with Gasteiger partial charge in [0.15, 0.2) is 17.3 Å². The number of thiophene rings is 3. The molecule has 3 heterocycles. The van der Waals surface area contributed by atoms with Crippen molar-refractivity contribution in [1.29, 1.82) is 0 Å². The van der Waals surface area contributed by atoms with Crippen LogP contribution in [0.3, 0.4) is 0 Å². The first-order valence-electron chi connectivity index (χ1n) is 11.5. The lowest BCUT2D eigenvalue weighted by Crippen LogP contribution is -2.23. The summed E-state index contributed by atoms with van der Waals surface area (Å²) in [5.41, 5.74) is 0.576. The standard InChI is InChI=1S/C11H14O3S.C9H10O3S.C7H6O3S/c1-7(12)9-5-8(6-15-9)10(13)14-11(2,3)4;1-3-12-9(11)7-4-8(6(2)10)13-5-7;1-4(8)6-2-5(3-11-6)7(9)10/h5-6H,1-4H3;4-5H,3H2,1-2H3;2-3H,1H3,(H,9,10). The van der Waals surface area contributed by atoms with Gasteiger partial charge in [-0.2, -0.15) is 0 Å². The smallest absolute Gasteiger partial charge is 0.339 e. The van der Waals surface area contributed by atoms with Gasteiger partial charge in [-0.15, -0.1) is 34.0 Å². The molecule has 0 aromatic carbocycles. The van der Waals surface area contributed by atoms with E-state index in [0.717, 1.165) is 11.3 Å². The molecule has 3 rings (SSSR count). The number of carboxylic acids is 1. The van der Waals surface area contributed by atoms with E-state index in [9.17, 15) is 28.8 Å². The maximum atomic E-state index is 11.6. The highest BCUT2D eigenvalue weighted by atomic mass is 32.1. The molecule has 0 radical (unpaired) electrons. The molecule has 0 fully saturated rings. The maximum absolute atomic E-state index is 11.6. The van der Waals surface area contributed by atoms with Crippen LogP contribution in [-0.2, 0) is 9.47 Å². The highest BCUT2D eigenvalue weighted by Gasteiger charge is 2.19. The largest absolute Gasteiger partial charge is 0.478 e. The molecule has 1 N–H and O–H groups in total. The Morgan fingerprint density at radius 2 is 1.05 bits per heavy atom. The second-order valence-corrected chi connectivity index (χ2v) is 11.5. The Morgan fingerprint density at radius 3 is 1.33 bits per heavy atom. The average Bonchev–Trinajstić information content (AvgIpc) is 3.60. The summed E-state index contributed by atoms with van der Waals surface area (Å²) in [5.74, 6) is -1.90. The van der Waals surface area contributed by atoms with Crippen molar-refractivity contribution in [2.75, 3.05) is 6.61 Å². The molecule has 0 aliphatic heterocycles. The quantitative estimate of drug-likeness (QED) is 0.234. The van der Waals surface area contributed by atoms with Crippen molar-refractivity contribution in [1.82, 2.24) is 0 Å². The predicted octanol–water partition coefficient (Wildman–Crippen LogP) is 6.68. The van der Waals surface area contributed by atoms with Crippen LogP contribution in [0.5, 0.6) is 0 Å². The molecule has 210 valence electrons. The van der Waals surface area contributed by atoms with Crippen molar-refractivity contribution < 1.29 is 43.3 Å². The number of hydrogen-bond donors (Lipinski definition) is 1. The third-order valence-corrected chi connectivity index (χ3v) is 7.33. The van der Waals surface area contributed by atoms with E-state index in [4.69, 9.17) is 14.6 Å². The van der Waals surface area contributed by atoms with E-state index in [1.807, 2.05) is 20.8 Å². The Kier molecular flexibility index (Phi) is 13.1. The van der Waals surface area contributed by atoms with Crippen LogP contribution in [0, 0.1) is 0 Å². The van der Waals surface area contributed by atoms with Gasteiger partial charge in [0.2, 0.25) is 0 Å². The molecule has 0 aliphatic rings. The molecule has 3 aromatic rings. The van der Waals surface area contributed by atoms with Crippen LogP contribution in [0.4, 0.5) is 0 Å². The number of esters is 2. The van der Waals surface area contributed by atoms with E-state index in [2.05, 4.69) is 0 Å². The molecular weight excluding hydrogens is 564 g/mol. The van der Waals surface area contributed by atoms with Gasteiger partial charge in [-0.1, -0.05) is 0 Å². The molecule has 0 spiro atoms. The fourth-order valence-corrected chi connectivity index (χ4v) is 4.78. The molecule has 0 amide bonds. The first-order chi connectivity index (χ1) is 18.0. The zero-order chi connectivity index (χ0) is 29.9. The minimum atomic E-state index is -0.992. The number of carboxylic acid groups (broad SMARTS) is 1. The molecule has 0 saturated carbocycles. The van der Waals surface area contributed by atoms with Crippen LogP contribution in [-0.4, -0.2) is 52.6 Å². The Balaban J connectivity index is 0.000000296. The Hall–Kier alpha value is -3.48. The molecule has 0 saturated heterocycles. The van der Waals surface area contributed by atoms with Gasteiger partial charge >= 0.3 is 17.9 Å². The van der Waals surface area contributed by atoms with E-state index in [1.165, 1.54) is 54.9 Å². The number of ether oxygens (including phenoxy) is 2. The van der Waals surface area contributed by atoms with Crippen molar-refractivity contribution in [3.63, 3.8) is 0 Å². The van der Waals surface area contributed by atoms with Crippen LogP contribution < -0.4 is 0 Å². The van der Waals surface area contributed by atoms with Crippen LogP contribution >= 0.6 is 34.0 Å². The highest BCUT2D eigenvalue weighted by molar-refractivity contribution is 7.13. The zero-order valence-corrected chi connectivity index (χ0v) is 25.1. The second kappa shape index (κ2) is 15.2. The van der Waals surface area contributed by atoms with Crippen molar-refractivity contribution in [3.8, 4) is 0 Å². The number of hydrogen-bond acceptors (Lipinski definition) is 11. The third-order valence-electron chi connectivity index (χ3n) is 4.23. The van der Waals surface area contributed by atoms with Gasteiger partial charge in [-0.05, 0) is 66.7 Å². The minimum absolute atomic E-state index is 0.0273. The number of carbonyl (C=O) groups excluding carboxylic acids is 5. The molecule has 0 aliphatic carbocycles. The lowest BCUT2D eigenvalue weighted by Gasteiger charge is -2.18. The number of rotatable bonds is 7. The van der Waals surface area contributed by atoms with Crippen LogP contribution in [0.15, 0.2) is 34.3 Å². The summed E-state index contributed by atoms with van der Waals surface area (Å²) in [6, 6.07) is 4.52. The van der Waals surface area contributed by atoms with Crippen LogP contribution in [0.1, 0.15) is 109 Å². The van der Waals surface area contributed by atoms with Crippen molar-refractivity contribution >= 4 is 69.3 Å². The summed E-state index contributed by atoms with van der Waals surface area (Å²) in [6.07, 6.45) is 0. The first kappa shape index (κ1) is 33.5. The van der Waals surface area contributed by atoms with Gasteiger partial charge in [0.25, 0.3) is 0 Å². The molecule has 3 aromatic heterocycles. The molecule has 12 heteroatoms. The van der Waals surface area contributed by atoms with E-state index < -0.39 is 11.6 Å². The average molecular weight is 595 g/mol. The molecule has 39 heavy (non-hydrogen) atoms.